The van der Waals surface area contributed by atoms with Crippen molar-refractivity contribution in [2.24, 2.45) is 11.8 Å². The molecule has 1 atom stereocenters. The van der Waals surface area contributed by atoms with Gasteiger partial charge in [-0.05, 0) is 71.0 Å². The van der Waals surface area contributed by atoms with Gasteiger partial charge in [0.1, 0.15) is 0 Å². The second kappa shape index (κ2) is 5.92. The molecule has 0 spiro atoms. The van der Waals surface area contributed by atoms with E-state index in [4.69, 9.17) is 0 Å². The Morgan fingerprint density at radius 2 is 1.72 bits per heavy atom. The first-order chi connectivity index (χ1) is 8.56. The van der Waals surface area contributed by atoms with E-state index in [2.05, 4.69) is 37.9 Å². The maximum atomic E-state index is 3.93. The van der Waals surface area contributed by atoms with E-state index in [1.165, 1.54) is 51.7 Å². The first-order valence-electron chi connectivity index (χ1n) is 8.05. The number of likely N-dealkylation sites (tertiary alicyclic amines) is 1. The summed E-state index contributed by atoms with van der Waals surface area (Å²) in [6, 6.07) is 0.722. The maximum absolute atomic E-state index is 3.93. The second-order valence-electron chi connectivity index (χ2n) is 6.98. The van der Waals surface area contributed by atoms with Crippen LogP contribution in [0.5, 0.6) is 0 Å². The lowest BCUT2D eigenvalue weighted by Crippen LogP contribution is -2.59. The van der Waals surface area contributed by atoms with Crippen molar-refractivity contribution in [2.45, 2.75) is 71.4 Å². The van der Waals surface area contributed by atoms with Crippen molar-refractivity contribution in [2.75, 3.05) is 19.6 Å². The van der Waals surface area contributed by atoms with Crippen molar-refractivity contribution in [3.05, 3.63) is 0 Å². The number of hydrogen-bond acceptors (Lipinski definition) is 2. The van der Waals surface area contributed by atoms with Crippen molar-refractivity contribution >= 4 is 0 Å². The van der Waals surface area contributed by atoms with E-state index in [0.717, 1.165) is 17.9 Å². The zero-order valence-electron chi connectivity index (χ0n) is 12.8. The molecule has 0 aliphatic carbocycles. The molecule has 2 aliphatic rings. The Kier molecular flexibility index (Phi) is 4.71. The average Bonchev–Trinajstić information content (AvgIpc) is 2.39. The van der Waals surface area contributed by atoms with Crippen LogP contribution in [-0.2, 0) is 0 Å². The monoisotopic (exact) mass is 252 g/mol. The van der Waals surface area contributed by atoms with Crippen molar-refractivity contribution in [1.29, 1.82) is 0 Å². The van der Waals surface area contributed by atoms with Gasteiger partial charge in [-0.2, -0.15) is 0 Å². The van der Waals surface area contributed by atoms with E-state index in [1.54, 1.807) is 0 Å². The average molecular weight is 252 g/mol. The summed E-state index contributed by atoms with van der Waals surface area (Å²) < 4.78 is 0. The minimum absolute atomic E-state index is 0.446. The molecule has 0 saturated carbocycles. The fourth-order valence-electron chi connectivity index (χ4n) is 4.20. The Bertz CT molecular complexity index is 246. The van der Waals surface area contributed by atoms with Crippen LogP contribution >= 0.6 is 0 Å². The molecule has 1 N–H and O–H groups in total. The highest BCUT2D eigenvalue weighted by Crippen LogP contribution is 2.39. The summed E-state index contributed by atoms with van der Waals surface area (Å²) in [5, 5.41) is 3.93. The van der Waals surface area contributed by atoms with Crippen molar-refractivity contribution < 1.29 is 0 Å². The van der Waals surface area contributed by atoms with Crippen LogP contribution in [0.3, 0.4) is 0 Å². The summed E-state index contributed by atoms with van der Waals surface area (Å²) in [7, 11) is 0. The van der Waals surface area contributed by atoms with E-state index in [-0.39, 0.29) is 0 Å². The maximum Gasteiger partial charge on any atom is 0.0233 e. The molecular weight excluding hydrogens is 220 g/mol. The lowest BCUT2D eigenvalue weighted by molar-refractivity contribution is 0.0436. The highest BCUT2D eigenvalue weighted by atomic mass is 15.2. The molecule has 0 aromatic heterocycles. The summed E-state index contributed by atoms with van der Waals surface area (Å²) in [5.41, 5.74) is 0.446. The predicted molar refractivity (Wildman–Crippen MR) is 78.9 cm³/mol. The topological polar surface area (TPSA) is 15.3 Å². The van der Waals surface area contributed by atoms with E-state index in [9.17, 15) is 0 Å². The van der Waals surface area contributed by atoms with E-state index < -0.39 is 0 Å². The molecule has 2 saturated heterocycles. The Labute approximate surface area is 114 Å². The van der Waals surface area contributed by atoms with Gasteiger partial charge in [-0.3, -0.25) is 0 Å². The van der Waals surface area contributed by atoms with Crippen LogP contribution in [0.15, 0.2) is 0 Å². The third-order valence-corrected chi connectivity index (χ3v) is 5.49. The molecule has 2 nitrogen and oxygen atoms in total. The fraction of sp³-hybridized carbons (Fsp3) is 1.00. The van der Waals surface area contributed by atoms with Crippen LogP contribution in [-0.4, -0.2) is 36.1 Å². The van der Waals surface area contributed by atoms with Crippen molar-refractivity contribution in [3.8, 4) is 0 Å². The second-order valence-corrected chi connectivity index (χ2v) is 6.98. The van der Waals surface area contributed by atoms with Gasteiger partial charge in [-0.25, -0.2) is 0 Å². The first-order valence-corrected chi connectivity index (χ1v) is 8.05. The Hall–Kier alpha value is -0.0800. The molecule has 2 heterocycles. The summed E-state index contributed by atoms with van der Waals surface area (Å²) in [6.45, 7) is 13.4. The van der Waals surface area contributed by atoms with Gasteiger partial charge in [0.05, 0.1) is 0 Å². The SMILES string of the molecule is CC(C)N1CCC(C2(C(C)C)CCCCN2)CC1. The van der Waals surface area contributed by atoms with Crippen LogP contribution in [0.4, 0.5) is 0 Å². The van der Waals surface area contributed by atoms with Gasteiger partial charge in [0, 0.05) is 11.6 Å². The van der Waals surface area contributed by atoms with Crippen LogP contribution in [0.25, 0.3) is 0 Å². The molecule has 0 aromatic carbocycles. The molecule has 18 heavy (non-hydrogen) atoms. The Morgan fingerprint density at radius 1 is 1.06 bits per heavy atom. The van der Waals surface area contributed by atoms with Crippen LogP contribution in [0.1, 0.15) is 59.8 Å². The van der Waals surface area contributed by atoms with Gasteiger partial charge in [0.2, 0.25) is 0 Å². The standard InChI is InChI=1S/C16H32N2/c1-13(2)16(9-5-6-10-17-16)15-7-11-18(12-8-15)14(3)4/h13-15,17H,5-12H2,1-4H3. The van der Waals surface area contributed by atoms with Crippen molar-refractivity contribution in [3.63, 3.8) is 0 Å². The molecule has 0 bridgehead atoms. The zero-order chi connectivity index (χ0) is 13.2. The summed E-state index contributed by atoms with van der Waals surface area (Å²) >= 11 is 0. The number of hydrogen-bond donors (Lipinski definition) is 1. The number of nitrogens with zero attached hydrogens (tertiary/aromatic N) is 1. The third kappa shape index (κ3) is 2.75. The summed E-state index contributed by atoms with van der Waals surface area (Å²) in [4.78, 5) is 2.65. The van der Waals surface area contributed by atoms with E-state index in [1.807, 2.05) is 0 Å². The predicted octanol–water partition coefficient (Wildman–Crippen LogP) is 3.28. The Balaban J connectivity index is 2.00. The molecule has 1 unspecified atom stereocenters. The molecule has 0 amide bonds. The minimum atomic E-state index is 0.446. The minimum Gasteiger partial charge on any atom is -0.311 e. The smallest absolute Gasteiger partial charge is 0.0233 e. The quantitative estimate of drug-likeness (QED) is 0.829. The number of rotatable bonds is 3. The highest BCUT2D eigenvalue weighted by Gasteiger charge is 2.43. The molecule has 106 valence electrons. The number of nitrogens with one attached hydrogen (secondary N) is 1. The molecule has 0 radical (unpaired) electrons. The van der Waals surface area contributed by atoms with Crippen LogP contribution in [0, 0.1) is 11.8 Å². The molecule has 2 heteroatoms. The van der Waals surface area contributed by atoms with Gasteiger partial charge in [0.15, 0.2) is 0 Å². The molecule has 2 aliphatic heterocycles. The van der Waals surface area contributed by atoms with Gasteiger partial charge >= 0.3 is 0 Å². The molecule has 0 aromatic rings. The number of piperidine rings is 2. The molecule has 2 rings (SSSR count). The van der Waals surface area contributed by atoms with Crippen LogP contribution in [0.2, 0.25) is 0 Å². The lowest BCUT2D eigenvalue weighted by Gasteiger charge is -2.51. The highest BCUT2D eigenvalue weighted by molar-refractivity contribution is 5.00. The Morgan fingerprint density at radius 3 is 2.17 bits per heavy atom. The first kappa shape index (κ1) is 14.3. The third-order valence-electron chi connectivity index (χ3n) is 5.49. The fourth-order valence-corrected chi connectivity index (χ4v) is 4.20. The van der Waals surface area contributed by atoms with Gasteiger partial charge in [-0.15, -0.1) is 0 Å². The normalized spacial score (nSPS) is 32.3. The van der Waals surface area contributed by atoms with Gasteiger partial charge in [-0.1, -0.05) is 20.3 Å². The lowest BCUT2D eigenvalue weighted by atomic mass is 9.67. The van der Waals surface area contributed by atoms with Crippen molar-refractivity contribution in [1.82, 2.24) is 10.2 Å². The zero-order valence-corrected chi connectivity index (χ0v) is 12.8. The summed E-state index contributed by atoms with van der Waals surface area (Å²) in [6.07, 6.45) is 6.98. The molecular formula is C16H32N2. The van der Waals surface area contributed by atoms with Gasteiger partial charge < -0.3 is 10.2 Å². The van der Waals surface area contributed by atoms with Gasteiger partial charge in [0.25, 0.3) is 0 Å². The van der Waals surface area contributed by atoms with E-state index >= 15 is 0 Å². The summed E-state index contributed by atoms with van der Waals surface area (Å²) in [5.74, 6) is 1.67. The van der Waals surface area contributed by atoms with E-state index in [0.29, 0.717) is 5.54 Å². The molecule has 2 fully saturated rings. The largest absolute Gasteiger partial charge is 0.311 e. The van der Waals surface area contributed by atoms with Crippen LogP contribution < -0.4 is 5.32 Å².